The van der Waals surface area contributed by atoms with Gasteiger partial charge < -0.3 is 14.8 Å². The predicted octanol–water partition coefficient (Wildman–Crippen LogP) is 4.03. The molecule has 0 radical (unpaired) electrons. The van der Waals surface area contributed by atoms with Crippen molar-refractivity contribution in [2.24, 2.45) is 0 Å². The fourth-order valence-corrected chi connectivity index (χ4v) is 2.58. The lowest BCUT2D eigenvalue weighted by Crippen LogP contribution is -2.30. The number of anilines is 1. The quantitative estimate of drug-likeness (QED) is 0.706. The van der Waals surface area contributed by atoms with Crippen molar-refractivity contribution in [3.05, 3.63) is 72.3 Å². The molecular formula is C21H19NO4. The van der Waals surface area contributed by atoms with Crippen LogP contribution < -0.4 is 10.1 Å². The van der Waals surface area contributed by atoms with Gasteiger partial charge in [0.15, 0.2) is 6.10 Å². The van der Waals surface area contributed by atoms with Crippen molar-refractivity contribution in [3.8, 4) is 5.75 Å². The fourth-order valence-electron chi connectivity index (χ4n) is 2.58. The molecule has 0 saturated heterocycles. The van der Waals surface area contributed by atoms with E-state index in [-0.39, 0.29) is 5.91 Å². The number of hydrogen-bond donors (Lipinski definition) is 1. The number of esters is 1. The number of amides is 1. The molecule has 0 unspecified atom stereocenters. The van der Waals surface area contributed by atoms with Crippen LogP contribution in [0.5, 0.6) is 5.75 Å². The van der Waals surface area contributed by atoms with E-state index in [0.717, 1.165) is 10.8 Å². The van der Waals surface area contributed by atoms with Crippen molar-refractivity contribution in [1.29, 1.82) is 0 Å². The summed E-state index contributed by atoms with van der Waals surface area (Å²) in [5.41, 5.74) is 1.04. The highest BCUT2D eigenvalue weighted by atomic mass is 16.5. The van der Waals surface area contributed by atoms with Gasteiger partial charge in [0.25, 0.3) is 5.91 Å². The molecule has 3 rings (SSSR count). The number of ether oxygens (including phenoxy) is 2. The Kier molecular flexibility index (Phi) is 5.17. The topological polar surface area (TPSA) is 64.6 Å². The maximum absolute atomic E-state index is 12.4. The van der Waals surface area contributed by atoms with Gasteiger partial charge in [0.2, 0.25) is 0 Å². The van der Waals surface area contributed by atoms with Crippen molar-refractivity contribution >= 4 is 28.3 Å². The van der Waals surface area contributed by atoms with Crippen LogP contribution in [0.15, 0.2) is 66.7 Å². The molecule has 0 aliphatic carbocycles. The average molecular weight is 349 g/mol. The molecule has 132 valence electrons. The number of benzene rings is 3. The van der Waals surface area contributed by atoms with Crippen LogP contribution >= 0.6 is 0 Å². The molecule has 0 spiro atoms. The Labute approximate surface area is 151 Å². The smallest absolute Gasteiger partial charge is 0.338 e. The summed E-state index contributed by atoms with van der Waals surface area (Å²) in [7, 11) is 1.55. The predicted molar refractivity (Wildman–Crippen MR) is 100 cm³/mol. The van der Waals surface area contributed by atoms with Crippen LogP contribution in [0.2, 0.25) is 0 Å². The Hall–Kier alpha value is -3.34. The van der Waals surface area contributed by atoms with Gasteiger partial charge in [0, 0.05) is 11.1 Å². The molecule has 5 nitrogen and oxygen atoms in total. The van der Waals surface area contributed by atoms with E-state index in [9.17, 15) is 9.59 Å². The number of carbonyl (C=O) groups is 2. The van der Waals surface area contributed by atoms with Crippen LogP contribution in [-0.2, 0) is 9.53 Å². The molecule has 1 amide bonds. The first-order valence-electron chi connectivity index (χ1n) is 8.22. The summed E-state index contributed by atoms with van der Waals surface area (Å²) in [6.45, 7) is 1.54. The lowest BCUT2D eigenvalue weighted by atomic mass is 10.1. The second-order valence-corrected chi connectivity index (χ2v) is 5.79. The Balaban J connectivity index is 1.68. The molecule has 0 aromatic heterocycles. The van der Waals surface area contributed by atoms with Gasteiger partial charge in [-0.15, -0.1) is 0 Å². The number of hydrogen-bond acceptors (Lipinski definition) is 4. The molecule has 0 heterocycles. The van der Waals surface area contributed by atoms with E-state index in [2.05, 4.69) is 5.32 Å². The highest BCUT2D eigenvalue weighted by Crippen LogP contribution is 2.23. The van der Waals surface area contributed by atoms with Gasteiger partial charge in [0.1, 0.15) is 5.75 Å². The van der Waals surface area contributed by atoms with Gasteiger partial charge in [-0.05, 0) is 42.6 Å². The molecule has 5 heteroatoms. The fraction of sp³-hybridized carbons (Fsp3) is 0.143. The largest absolute Gasteiger partial charge is 0.497 e. The zero-order valence-corrected chi connectivity index (χ0v) is 14.6. The molecule has 0 aliphatic heterocycles. The summed E-state index contributed by atoms with van der Waals surface area (Å²) in [4.78, 5) is 24.6. The second kappa shape index (κ2) is 7.70. The molecule has 3 aromatic rings. The van der Waals surface area contributed by atoms with E-state index in [1.807, 2.05) is 42.5 Å². The highest BCUT2D eigenvalue weighted by Gasteiger charge is 2.19. The lowest BCUT2D eigenvalue weighted by molar-refractivity contribution is -0.123. The second-order valence-electron chi connectivity index (χ2n) is 5.79. The SMILES string of the molecule is COc1ccc(C(=O)O[C@@H](C)C(=O)Nc2cccc3ccccc23)cc1. The molecule has 0 aliphatic rings. The number of rotatable bonds is 5. The van der Waals surface area contributed by atoms with Gasteiger partial charge in [-0.3, -0.25) is 4.79 Å². The first kappa shape index (κ1) is 17.5. The van der Waals surface area contributed by atoms with Crippen LogP contribution in [-0.4, -0.2) is 25.1 Å². The number of methoxy groups -OCH3 is 1. The van der Waals surface area contributed by atoms with Crippen LogP contribution in [0.3, 0.4) is 0 Å². The molecule has 1 atom stereocenters. The summed E-state index contributed by atoms with van der Waals surface area (Å²) in [5, 5.41) is 4.77. The molecule has 0 fully saturated rings. The van der Waals surface area contributed by atoms with Gasteiger partial charge in [-0.25, -0.2) is 4.79 Å². The first-order chi connectivity index (χ1) is 12.6. The molecular weight excluding hydrogens is 330 g/mol. The highest BCUT2D eigenvalue weighted by molar-refractivity contribution is 6.04. The van der Waals surface area contributed by atoms with Crippen LogP contribution in [0.1, 0.15) is 17.3 Å². The van der Waals surface area contributed by atoms with Crippen LogP contribution in [0.25, 0.3) is 10.8 Å². The van der Waals surface area contributed by atoms with Crippen LogP contribution in [0, 0.1) is 0 Å². The van der Waals surface area contributed by atoms with Gasteiger partial charge in [-0.1, -0.05) is 36.4 Å². The van der Waals surface area contributed by atoms with Crippen molar-refractivity contribution in [2.75, 3.05) is 12.4 Å². The van der Waals surface area contributed by atoms with Gasteiger partial charge in [-0.2, -0.15) is 0 Å². The minimum Gasteiger partial charge on any atom is -0.497 e. The molecule has 26 heavy (non-hydrogen) atoms. The van der Waals surface area contributed by atoms with Gasteiger partial charge >= 0.3 is 5.97 Å². The van der Waals surface area contributed by atoms with Gasteiger partial charge in [0.05, 0.1) is 12.7 Å². The number of nitrogens with one attached hydrogen (secondary N) is 1. The third-order valence-corrected chi connectivity index (χ3v) is 4.03. The molecule has 0 bridgehead atoms. The Morgan fingerprint density at radius 3 is 2.35 bits per heavy atom. The zero-order valence-electron chi connectivity index (χ0n) is 14.6. The third kappa shape index (κ3) is 3.83. The monoisotopic (exact) mass is 349 g/mol. The van der Waals surface area contributed by atoms with Crippen molar-refractivity contribution in [2.45, 2.75) is 13.0 Å². The summed E-state index contributed by atoms with van der Waals surface area (Å²) in [6, 6.07) is 19.9. The van der Waals surface area contributed by atoms with Crippen molar-refractivity contribution in [1.82, 2.24) is 0 Å². The van der Waals surface area contributed by atoms with E-state index in [1.54, 1.807) is 38.3 Å². The number of carbonyl (C=O) groups excluding carboxylic acids is 2. The Bertz CT molecular complexity index is 929. The normalized spacial score (nSPS) is 11.6. The zero-order chi connectivity index (χ0) is 18.5. The summed E-state index contributed by atoms with van der Waals surface area (Å²) >= 11 is 0. The van der Waals surface area contributed by atoms with E-state index in [4.69, 9.17) is 9.47 Å². The first-order valence-corrected chi connectivity index (χ1v) is 8.22. The molecule has 0 saturated carbocycles. The van der Waals surface area contributed by atoms with Crippen molar-refractivity contribution in [3.63, 3.8) is 0 Å². The maximum Gasteiger partial charge on any atom is 0.338 e. The standard InChI is InChI=1S/C21H19NO4/c1-14(26-21(24)16-10-12-17(25-2)13-11-16)20(23)22-19-9-5-7-15-6-3-4-8-18(15)19/h3-14H,1-2H3,(H,22,23)/t14-/m0/s1. The minimum atomic E-state index is -0.927. The van der Waals surface area contributed by atoms with E-state index < -0.39 is 12.1 Å². The van der Waals surface area contributed by atoms with E-state index in [1.165, 1.54) is 0 Å². The number of fused-ring (bicyclic) bond motifs is 1. The van der Waals surface area contributed by atoms with Crippen molar-refractivity contribution < 1.29 is 19.1 Å². The third-order valence-electron chi connectivity index (χ3n) is 4.03. The Morgan fingerprint density at radius 2 is 1.62 bits per heavy atom. The van der Waals surface area contributed by atoms with E-state index >= 15 is 0 Å². The molecule has 3 aromatic carbocycles. The van der Waals surface area contributed by atoms with Crippen LogP contribution in [0.4, 0.5) is 5.69 Å². The molecule has 1 N–H and O–H groups in total. The van der Waals surface area contributed by atoms with E-state index in [0.29, 0.717) is 17.0 Å². The minimum absolute atomic E-state index is 0.357. The average Bonchev–Trinajstić information content (AvgIpc) is 2.68. The lowest BCUT2D eigenvalue weighted by Gasteiger charge is -2.15. The summed E-state index contributed by atoms with van der Waals surface area (Å²) in [6.07, 6.45) is -0.927. The Morgan fingerprint density at radius 1 is 0.923 bits per heavy atom. The summed E-state index contributed by atoms with van der Waals surface area (Å²) < 4.78 is 10.3. The maximum atomic E-state index is 12.4. The summed E-state index contributed by atoms with van der Waals surface area (Å²) in [5.74, 6) is -0.306.